The highest BCUT2D eigenvalue weighted by Gasteiger charge is 2.05. The molecule has 2 aromatic rings. The van der Waals surface area contributed by atoms with Gasteiger partial charge >= 0.3 is 0 Å². The molecule has 1 N–H and O–H groups in total. The number of nitrogens with zero attached hydrogens (tertiary/aromatic N) is 2. The Hall–Kier alpha value is -1.88. The van der Waals surface area contributed by atoms with Crippen LogP contribution in [0.15, 0.2) is 30.5 Å². The molecule has 4 nitrogen and oxygen atoms in total. The van der Waals surface area contributed by atoms with Crippen LogP contribution in [0, 0.1) is 12.7 Å². The highest BCUT2D eigenvalue weighted by molar-refractivity contribution is 5.29. The first-order valence-corrected chi connectivity index (χ1v) is 7.20. The van der Waals surface area contributed by atoms with Crippen molar-refractivity contribution in [2.75, 3.05) is 25.6 Å². The van der Waals surface area contributed by atoms with Crippen molar-refractivity contribution < 1.29 is 9.13 Å². The van der Waals surface area contributed by atoms with Crippen molar-refractivity contribution in [2.24, 2.45) is 0 Å². The van der Waals surface area contributed by atoms with Gasteiger partial charge in [0.05, 0.1) is 5.69 Å². The molecule has 0 radical (unpaired) electrons. The minimum Gasteiger partial charge on any atom is -0.385 e. The summed E-state index contributed by atoms with van der Waals surface area (Å²) >= 11 is 0. The van der Waals surface area contributed by atoms with Crippen molar-refractivity contribution in [3.63, 3.8) is 0 Å². The summed E-state index contributed by atoms with van der Waals surface area (Å²) in [6.07, 6.45) is 3.83. The van der Waals surface area contributed by atoms with E-state index in [0.717, 1.165) is 49.7 Å². The molecule has 0 fully saturated rings. The van der Waals surface area contributed by atoms with Crippen LogP contribution in [-0.2, 0) is 17.7 Å². The van der Waals surface area contributed by atoms with E-state index in [1.54, 1.807) is 7.11 Å². The molecule has 1 heterocycles. The van der Waals surface area contributed by atoms with Crippen LogP contribution in [0.2, 0.25) is 0 Å². The molecule has 0 atom stereocenters. The standard InChI is InChI=1S/C16H22FN3O/c1-13-12-20(10-3-11-21-2)16(19-13)18-9-8-14-4-6-15(17)7-5-14/h4-7,12H,3,8-11H2,1-2H3,(H,18,19). The van der Waals surface area contributed by atoms with Gasteiger partial charge in [0.2, 0.25) is 5.95 Å². The van der Waals surface area contributed by atoms with E-state index >= 15 is 0 Å². The lowest BCUT2D eigenvalue weighted by molar-refractivity contribution is 0.190. The van der Waals surface area contributed by atoms with E-state index in [1.165, 1.54) is 12.1 Å². The molecular weight excluding hydrogens is 269 g/mol. The zero-order valence-corrected chi connectivity index (χ0v) is 12.6. The second kappa shape index (κ2) is 7.78. The predicted molar refractivity (Wildman–Crippen MR) is 82.1 cm³/mol. The van der Waals surface area contributed by atoms with Gasteiger partial charge in [-0.3, -0.25) is 0 Å². The molecule has 5 heteroatoms. The molecule has 21 heavy (non-hydrogen) atoms. The maximum absolute atomic E-state index is 12.8. The van der Waals surface area contributed by atoms with Crippen LogP contribution in [0.3, 0.4) is 0 Å². The van der Waals surface area contributed by atoms with Gasteiger partial charge in [0.15, 0.2) is 0 Å². The summed E-state index contributed by atoms with van der Waals surface area (Å²) in [5.41, 5.74) is 2.11. The lowest BCUT2D eigenvalue weighted by atomic mass is 10.1. The summed E-state index contributed by atoms with van der Waals surface area (Å²) in [5.74, 6) is 0.682. The average molecular weight is 291 g/mol. The molecule has 2 rings (SSSR count). The summed E-state index contributed by atoms with van der Waals surface area (Å²) < 4.78 is 20.0. The Balaban J connectivity index is 1.86. The van der Waals surface area contributed by atoms with Crippen molar-refractivity contribution in [1.82, 2.24) is 9.55 Å². The van der Waals surface area contributed by atoms with Crippen LogP contribution >= 0.6 is 0 Å². The van der Waals surface area contributed by atoms with Crippen LogP contribution < -0.4 is 5.32 Å². The lowest BCUT2D eigenvalue weighted by Gasteiger charge is -2.09. The van der Waals surface area contributed by atoms with Gasteiger partial charge in [0.1, 0.15) is 5.82 Å². The van der Waals surface area contributed by atoms with Gasteiger partial charge in [0, 0.05) is 33.0 Å². The molecule has 0 bridgehead atoms. The molecule has 0 aliphatic carbocycles. The first-order valence-electron chi connectivity index (χ1n) is 7.20. The number of methoxy groups -OCH3 is 1. The molecule has 0 amide bonds. The van der Waals surface area contributed by atoms with Gasteiger partial charge in [-0.15, -0.1) is 0 Å². The molecule has 0 spiro atoms. The van der Waals surface area contributed by atoms with Gasteiger partial charge in [-0.25, -0.2) is 9.37 Å². The van der Waals surface area contributed by atoms with Crippen LogP contribution in [0.5, 0.6) is 0 Å². The Kier molecular flexibility index (Phi) is 5.75. The van der Waals surface area contributed by atoms with Crippen LogP contribution in [0.4, 0.5) is 10.3 Å². The molecule has 0 saturated carbocycles. The predicted octanol–water partition coefficient (Wildman–Crippen LogP) is 3.02. The largest absolute Gasteiger partial charge is 0.385 e. The number of anilines is 1. The highest BCUT2D eigenvalue weighted by Crippen LogP contribution is 2.10. The SMILES string of the molecule is COCCCn1cc(C)nc1NCCc1ccc(F)cc1. The molecule has 0 unspecified atom stereocenters. The van der Waals surface area contributed by atoms with Crippen molar-refractivity contribution in [3.8, 4) is 0 Å². The number of hydrogen-bond donors (Lipinski definition) is 1. The monoisotopic (exact) mass is 291 g/mol. The molecule has 1 aromatic heterocycles. The van der Waals surface area contributed by atoms with Crippen molar-refractivity contribution in [3.05, 3.63) is 47.5 Å². The Bertz CT molecular complexity index is 551. The summed E-state index contributed by atoms with van der Waals surface area (Å²) in [7, 11) is 1.71. The van der Waals surface area contributed by atoms with Gasteiger partial charge in [-0.1, -0.05) is 12.1 Å². The third kappa shape index (κ3) is 4.86. The second-order valence-corrected chi connectivity index (χ2v) is 5.05. The molecule has 0 aliphatic rings. The topological polar surface area (TPSA) is 39.1 Å². The number of aryl methyl sites for hydroxylation is 2. The minimum atomic E-state index is -0.198. The number of imidazole rings is 1. The van der Waals surface area contributed by atoms with Gasteiger partial charge < -0.3 is 14.6 Å². The fourth-order valence-electron chi connectivity index (χ4n) is 2.21. The van der Waals surface area contributed by atoms with Gasteiger partial charge in [-0.05, 0) is 37.5 Å². The van der Waals surface area contributed by atoms with E-state index in [4.69, 9.17) is 4.74 Å². The maximum atomic E-state index is 12.8. The zero-order chi connectivity index (χ0) is 15.1. The Morgan fingerprint density at radius 3 is 2.76 bits per heavy atom. The number of rotatable bonds is 8. The third-order valence-electron chi connectivity index (χ3n) is 3.25. The van der Waals surface area contributed by atoms with E-state index in [0.29, 0.717) is 0 Å². The van der Waals surface area contributed by atoms with E-state index in [1.807, 2.05) is 25.3 Å². The molecule has 0 aliphatic heterocycles. The van der Waals surface area contributed by atoms with Gasteiger partial charge in [-0.2, -0.15) is 0 Å². The lowest BCUT2D eigenvalue weighted by Crippen LogP contribution is -2.11. The van der Waals surface area contributed by atoms with E-state index in [9.17, 15) is 4.39 Å². The Morgan fingerprint density at radius 2 is 2.05 bits per heavy atom. The fraction of sp³-hybridized carbons (Fsp3) is 0.438. The smallest absolute Gasteiger partial charge is 0.203 e. The number of nitrogens with one attached hydrogen (secondary N) is 1. The van der Waals surface area contributed by atoms with E-state index in [-0.39, 0.29) is 5.82 Å². The highest BCUT2D eigenvalue weighted by atomic mass is 19.1. The summed E-state index contributed by atoms with van der Waals surface area (Å²) in [4.78, 5) is 4.49. The fourth-order valence-corrected chi connectivity index (χ4v) is 2.21. The number of aromatic nitrogens is 2. The molecule has 1 aromatic carbocycles. The first-order chi connectivity index (χ1) is 10.2. The Morgan fingerprint density at radius 1 is 1.29 bits per heavy atom. The normalized spacial score (nSPS) is 10.8. The third-order valence-corrected chi connectivity index (χ3v) is 3.25. The average Bonchev–Trinajstić information content (AvgIpc) is 2.82. The number of ether oxygens (including phenoxy) is 1. The molecule has 114 valence electrons. The molecule has 0 saturated heterocycles. The zero-order valence-electron chi connectivity index (χ0n) is 12.6. The van der Waals surface area contributed by atoms with Crippen molar-refractivity contribution in [1.29, 1.82) is 0 Å². The minimum absolute atomic E-state index is 0.198. The quantitative estimate of drug-likeness (QED) is 0.760. The van der Waals surface area contributed by atoms with Crippen molar-refractivity contribution in [2.45, 2.75) is 26.3 Å². The first kappa shape index (κ1) is 15.5. The summed E-state index contributed by atoms with van der Waals surface area (Å²) in [5, 5.41) is 3.34. The van der Waals surface area contributed by atoms with Gasteiger partial charge in [0.25, 0.3) is 0 Å². The van der Waals surface area contributed by atoms with Crippen molar-refractivity contribution >= 4 is 5.95 Å². The van der Waals surface area contributed by atoms with Crippen LogP contribution in [-0.4, -0.2) is 29.8 Å². The number of halogens is 1. The van der Waals surface area contributed by atoms with Crippen LogP contribution in [0.25, 0.3) is 0 Å². The second-order valence-electron chi connectivity index (χ2n) is 5.05. The Labute approximate surface area is 125 Å². The summed E-state index contributed by atoms with van der Waals surface area (Å²) in [6.45, 7) is 4.38. The molecular formula is C16H22FN3O. The summed E-state index contributed by atoms with van der Waals surface area (Å²) in [6, 6.07) is 6.61. The maximum Gasteiger partial charge on any atom is 0.203 e. The van der Waals surface area contributed by atoms with E-state index in [2.05, 4.69) is 14.9 Å². The number of hydrogen-bond acceptors (Lipinski definition) is 3. The number of benzene rings is 1. The van der Waals surface area contributed by atoms with Crippen LogP contribution in [0.1, 0.15) is 17.7 Å². The van der Waals surface area contributed by atoms with E-state index < -0.39 is 0 Å².